The van der Waals surface area contributed by atoms with E-state index < -0.39 is 10.0 Å². The Labute approximate surface area is 165 Å². The molecule has 0 aliphatic heterocycles. The van der Waals surface area contributed by atoms with Crippen LogP contribution in [-0.4, -0.2) is 30.8 Å². The minimum atomic E-state index is -3.45. The highest BCUT2D eigenvalue weighted by molar-refractivity contribution is 7.89. The van der Waals surface area contributed by atoms with Gasteiger partial charge < -0.3 is 5.32 Å². The predicted octanol–water partition coefficient (Wildman–Crippen LogP) is 5.00. The topological polar surface area (TPSA) is 62.3 Å². The number of hydrogen-bond donors (Lipinski definition) is 1. The molecule has 26 heavy (non-hydrogen) atoms. The number of thiazole rings is 1. The van der Waals surface area contributed by atoms with Crippen LogP contribution in [0.15, 0.2) is 35.4 Å². The number of nitrogens with zero attached hydrogens (tertiary/aromatic N) is 2. The van der Waals surface area contributed by atoms with Crippen molar-refractivity contribution >= 4 is 38.6 Å². The van der Waals surface area contributed by atoms with Crippen LogP contribution in [-0.2, 0) is 16.6 Å². The van der Waals surface area contributed by atoms with Gasteiger partial charge >= 0.3 is 0 Å². The Bertz CT molecular complexity index is 768. The minimum absolute atomic E-state index is 0.344. The molecule has 1 heterocycles. The van der Waals surface area contributed by atoms with Crippen molar-refractivity contribution in [3.05, 3.63) is 39.8 Å². The summed E-state index contributed by atoms with van der Waals surface area (Å²) in [7, 11) is -3.45. The van der Waals surface area contributed by atoms with Gasteiger partial charge in [0.2, 0.25) is 10.0 Å². The summed E-state index contributed by atoms with van der Waals surface area (Å²) >= 11 is 7.25. The average molecular weight is 416 g/mol. The van der Waals surface area contributed by atoms with E-state index in [1.54, 1.807) is 34.8 Å². The number of benzene rings is 1. The molecule has 0 amide bonds. The summed E-state index contributed by atoms with van der Waals surface area (Å²) in [5.41, 5.74) is 0.863. The van der Waals surface area contributed by atoms with Crippen molar-refractivity contribution in [2.24, 2.45) is 0 Å². The van der Waals surface area contributed by atoms with E-state index in [-0.39, 0.29) is 0 Å². The molecule has 144 valence electrons. The number of unbranched alkanes of at least 4 members (excludes halogenated alkanes) is 2. The SMILES string of the molecule is CCCCN(CCCC)S(=O)(=O)c1ccc(NCc2cnc(Cl)s2)cc1. The first-order valence-corrected chi connectivity index (χ1v) is 11.5. The molecule has 0 saturated heterocycles. The first-order valence-electron chi connectivity index (χ1n) is 8.91. The van der Waals surface area contributed by atoms with Gasteiger partial charge in [0, 0.05) is 29.9 Å². The maximum absolute atomic E-state index is 12.9. The number of hydrogen-bond acceptors (Lipinski definition) is 5. The lowest BCUT2D eigenvalue weighted by Gasteiger charge is -2.22. The summed E-state index contributed by atoms with van der Waals surface area (Å²) in [5, 5.41) is 3.25. The Balaban J connectivity index is 2.05. The Morgan fingerprint density at radius 3 is 2.23 bits per heavy atom. The summed E-state index contributed by atoms with van der Waals surface area (Å²) in [5.74, 6) is 0. The van der Waals surface area contributed by atoms with E-state index in [1.807, 2.05) is 0 Å². The monoisotopic (exact) mass is 415 g/mol. The van der Waals surface area contributed by atoms with Gasteiger partial charge in [0.15, 0.2) is 4.47 Å². The van der Waals surface area contributed by atoms with E-state index in [0.29, 0.717) is 29.0 Å². The van der Waals surface area contributed by atoms with E-state index in [1.165, 1.54) is 11.3 Å². The third-order valence-electron chi connectivity index (χ3n) is 4.01. The molecule has 0 fully saturated rings. The van der Waals surface area contributed by atoms with Crippen LogP contribution in [0.3, 0.4) is 0 Å². The second-order valence-corrected chi connectivity index (χ2v) is 9.70. The predicted molar refractivity (Wildman–Crippen MR) is 109 cm³/mol. The molecule has 0 radical (unpaired) electrons. The third-order valence-corrected chi connectivity index (χ3v) is 7.03. The van der Waals surface area contributed by atoms with Crippen molar-refractivity contribution in [1.82, 2.24) is 9.29 Å². The third kappa shape index (κ3) is 5.94. The van der Waals surface area contributed by atoms with Gasteiger partial charge in [-0.15, -0.1) is 11.3 Å². The molecule has 5 nitrogen and oxygen atoms in total. The van der Waals surface area contributed by atoms with Crippen molar-refractivity contribution in [3.63, 3.8) is 0 Å². The maximum atomic E-state index is 12.9. The second kappa shape index (κ2) is 10.3. The lowest BCUT2D eigenvalue weighted by Crippen LogP contribution is -2.33. The zero-order valence-corrected chi connectivity index (χ0v) is 17.6. The van der Waals surface area contributed by atoms with Crippen LogP contribution in [0.25, 0.3) is 0 Å². The van der Waals surface area contributed by atoms with Gasteiger partial charge in [-0.2, -0.15) is 4.31 Å². The lowest BCUT2D eigenvalue weighted by molar-refractivity contribution is 0.395. The Morgan fingerprint density at radius 2 is 1.73 bits per heavy atom. The molecule has 1 N–H and O–H groups in total. The van der Waals surface area contributed by atoms with Crippen LogP contribution in [0.4, 0.5) is 5.69 Å². The van der Waals surface area contributed by atoms with Crippen LogP contribution in [0, 0.1) is 0 Å². The van der Waals surface area contributed by atoms with E-state index >= 15 is 0 Å². The summed E-state index contributed by atoms with van der Waals surface area (Å²) in [6, 6.07) is 6.94. The van der Waals surface area contributed by atoms with Crippen LogP contribution in [0.1, 0.15) is 44.4 Å². The fourth-order valence-corrected chi connectivity index (χ4v) is 4.90. The molecule has 0 unspecified atom stereocenters. The Hall–Kier alpha value is -1.15. The van der Waals surface area contributed by atoms with Crippen molar-refractivity contribution in [2.75, 3.05) is 18.4 Å². The van der Waals surface area contributed by atoms with E-state index in [2.05, 4.69) is 24.1 Å². The molecule has 0 aliphatic rings. The smallest absolute Gasteiger partial charge is 0.243 e. The molecule has 0 bridgehead atoms. The van der Waals surface area contributed by atoms with Gasteiger partial charge in [-0.3, -0.25) is 0 Å². The van der Waals surface area contributed by atoms with Gasteiger partial charge in [0.25, 0.3) is 0 Å². The largest absolute Gasteiger partial charge is 0.380 e. The van der Waals surface area contributed by atoms with Crippen molar-refractivity contribution in [1.29, 1.82) is 0 Å². The van der Waals surface area contributed by atoms with Gasteiger partial charge in [-0.05, 0) is 37.1 Å². The molecule has 0 atom stereocenters. The van der Waals surface area contributed by atoms with Crippen LogP contribution >= 0.6 is 22.9 Å². The maximum Gasteiger partial charge on any atom is 0.243 e. The van der Waals surface area contributed by atoms with Crippen molar-refractivity contribution in [2.45, 2.75) is 51.0 Å². The first-order chi connectivity index (χ1) is 12.5. The van der Waals surface area contributed by atoms with Gasteiger partial charge in [0.05, 0.1) is 11.4 Å². The summed E-state index contributed by atoms with van der Waals surface area (Å²) in [6.45, 7) is 5.90. The fourth-order valence-electron chi connectivity index (χ4n) is 2.47. The number of sulfonamides is 1. The Morgan fingerprint density at radius 1 is 1.12 bits per heavy atom. The average Bonchev–Trinajstić information content (AvgIpc) is 3.05. The highest BCUT2D eigenvalue weighted by atomic mass is 35.5. The van der Waals surface area contributed by atoms with Gasteiger partial charge in [-0.1, -0.05) is 38.3 Å². The molecule has 8 heteroatoms. The highest BCUT2D eigenvalue weighted by Gasteiger charge is 2.23. The zero-order valence-electron chi connectivity index (χ0n) is 15.2. The van der Waals surface area contributed by atoms with Crippen LogP contribution in [0.5, 0.6) is 0 Å². The number of anilines is 1. The lowest BCUT2D eigenvalue weighted by atomic mass is 10.3. The first kappa shape index (κ1) is 21.2. The van der Waals surface area contributed by atoms with Gasteiger partial charge in [0.1, 0.15) is 0 Å². The second-order valence-electron chi connectivity index (χ2n) is 6.07. The molecular formula is C18H26ClN3O2S2. The molecule has 2 aromatic rings. The van der Waals surface area contributed by atoms with Crippen LogP contribution in [0.2, 0.25) is 4.47 Å². The normalized spacial score (nSPS) is 11.8. The minimum Gasteiger partial charge on any atom is -0.380 e. The molecule has 1 aromatic carbocycles. The number of rotatable bonds is 11. The van der Waals surface area contributed by atoms with E-state index in [4.69, 9.17) is 11.6 Å². The van der Waals surface area contributed by atoms with Gasteiger partial charge in [-0.25, -0.2) is 13.4 Å². The molecule has 1 aromatic heterocycles. The Kier molecular flexibility index (Phi) is 8.34. The molecule has 0 spiro atoms. The summed E-state index contributed by atoms with van der Waals surface area (Å²) in [6.07, 6.45) is 5.43. The molecular weight excluding hydrogens is 390 g/mol. The van der Waals surface area contributed by atoms with E-state index in [9.17, 15) is 8.42 Å². The van der Waals surface area contributed by atoms with E-state index in [0.717, 1.165) is 36.2 Å². The summed E-state index contributed by atoms with van der Waals surface area (Å²) < 4.78 is 28.0. The van der Waals surface area contributed by atoms with Crippen molar-refractivity contribution < 1.29 is 8.42 Å². The molecule has 2 rings (SSSR count). The van der Waals surface area contributed by atoms with Crippen LogP contribution < -0.4 is 5.32 Å². The zero-order chi connectivity index (χ0) is 19.0. The van der Waals surface area contributed by atoms with Crippen molar-refractivity contribution in [3.8, 4) is 0 Å². The quantitative estimate of drug-likeness (QED) is 0.560. The highest BCUT2D eigenvalue weighted by Crippen LogP contribution is 2.22. The number of nitrogens with one attached hydrogen (secondary N) is 1. The molecule has 0 aliphatic carbocycles. The fraction of sp³-hybridized carbons (Fsp3) is 0.500. The summed E-state index contributed by atoms with van der Waals surface area (Å²) in [4.78, 5) is 5.37. The molecule has 0 saturated carbocycles. The number of aromatic nitrogens is 1. The number of halogens is 1. The standard InChI is InChI=1S/C18H26ClN3O2S2/c1-3-5-11-22(12-6-4-2)26(23,24)17-9-7-15(8-10-17)20-13-16-14-21-18(19)25-16/h7-10,14,20H,3-6,11-13H2,1-2H3.